The lowest BCUT2D eigenvalue weighted by Gasteiger charge is -2.32. The molecule has 19 heavy (non-hydrogen) atoms. The van der Waals surface area contributed by atoms with E-state index in [0.29, 0.717) is 16.0 Å². The van der Waals surface area contributed by atoms with E-state index < -0.39 is 0 Å². The number of hydrogen-bond donors (Lipinski definition) is 1. The molecule has 1 atom stereocenters. The van der Waals surface area contributed by atoms with Crippen molar-refractivity contribution in [3.05, 3.63) is 16.1 Å². The Morgan fingerprint density at radius 2 is 2.21 bits per heavy atom. The van der Waals surface area contributed by atoms with E-state index in [4.69, 9.17) is 23.2 Å². The monoisotopic (exact) mass is 301 g/mol. The minimum Gasteiger partial charge on any atom is -0.369 e. The summed E-state index contributed by atoms with van der Waals surface area (Å²) in [6.07, 6.45) is 3.51. The summed E-state index contributed by atoms with van der Waals surface area (Å²) in [6, 6.07) is 1.79. The van der Waals surface area contributed by atoms with E-state index in [1.54, 1.807) is 6.07 Å². The molecular weight excluding hydrogens is 281 g/mol. The van der Waals surface area contributed by atoms with Crippen molar-refractivity contribution < 1.29 is 0 Å². The first-order valence-corrected chi connectivity index (χ1v) is 7.72. The van der Waals surface area contributed by atoms with E-state index in [1.165, 1.54) is 12.8 Å². The summed E-state index contributed by atoms with van der Waals surface area (Å²) in [5.74, 6) is 2.28. The van der Waals surface area contributed by atoms with Gasteiger partial charge in [0.15, 0.2) is 0 Å². The molecule has 0 amide bonds. The molecule has 2 rings (SSSR count). The number of aromatic nitrogens is 1. The molecule has 1 fully saturated rings. The lowest BCUT2D eigenvalue weighted by molar-refractivity contribution is 0.444. The Balaban J connectivity index is 2.23. The first-order chi connectivity index (χ1) is 9.11. The molecule has 3 nitrogen and oxygen atoms in total. The molecule has 0 radical (unpaired) electrons. The fourth-order valence-corrected chi connectivity index (χ4v) is 2.97. The van der Waals surface area contributed by atoms with Gasteiger partial charge in [0, 0.05) is 19.6 Å². The summed E-state index contributed by atoms with van der Waals surface area (Å²) in [6.45, 7) is 7.29. The molecule has 1 unspecified atom stereocenters. The highest BCUT2D eigenvalue weighted by Crippen LogP contribution is 2.33. The van der Waals surface area contributed by atoms with Gasteiger partial charge >= 0.3 is 0 Å². The van der Waals surface area contributed by atoms with Gasteiger partial charge in [0.25, 0.3) is 0 Å². The van der Waals surface area contributed by atoms with E-state index >= 15 is 0 Å². The van der Waals surface area contributed by atoms with Crippen molar-refractivity contribution in [3.63, 3.8) is 0 Å². The molecule has 1 saturated heterocycles. The molecule has 1 aromatic heterocycles. The van der Waals surface area contributed by atoms with E-state index in [0.717, 1.165) is 37.7 Å². The van der Waals surface area contributed by atoms with Gasteiger partial charge in [0.1, 0.15) is 11.6 Å². The van der Waals surface area contributed by atoms with Crippen molar-refractivity contribution in [1.29, 1.82) is 0 Å². The van der Waals surface area contributed by atoms with Crippen LogP contribution in [0, 0.1) is 5.92 Å². The molecule has 5 heteroatoms. The minimum absolute atomic E-state index is 0.590. The van der Waals surface area contributed by atoms with Gasteiger partial charge < -0.3 is 10.2 Å². The van der Waals surface area contributed by atoms with Gasteiger partial charge in [-0.3, -0.25) is 0 Å². The van der Waals surface area contributed by atoms with Crippen molar-refractivity contribution in [1.82, 2.24) is 4.98 Å². The largest absolute Gasteiger partial charge is 0.369 e. The second kappa shape index (κ2) is 6.67. The number of rotatable bonds is 4. The maximum atomic E-state index is 6.30. The number of piperidine rings is 1. The zero-order chi connectivity index (χ0) is 13.8. The predicted octanol–water partition coefficient (Wildman–Crippen LogP) is 4.45. The Kier molecular flexibility index (Phi) is 5.17. The molecule has 0 bridgehead atoms. The van der Waals surface area contributed by atoms with Gasteiger partial charge in [-0.1, -0.05) is 37.0 Å². The van der Waals surface area contributed by atoms with Crippen LogP contribution in [-0.2, 0) is 0 Å². The van der Waals surface area contributed by atoms with Gasteiger partial charge in [-0.2, -0.15) is 0 Å². The highest BCUT2D eigenvalue weighted by Gasteiger charge is 2.21. The summed E-state index contributed by atoms with van der Waals surface area (Å²) >= 11 is 12.5. The van der Waals surface area contributed by atoms with Gasteiger partial charge in [-0.05, 0) is 31.2 Å². The summed E-state index contributed by atoms with van der Waals surface area (Å²) in [5.41, 5.74) is 0. The normalized spacial score (nSPS) is 19.6. The highest BCUT2D eigenvalue weighted by molar-refractivity contribution is 6.37. The average Bonchev–Trinajstić information content (AvgIpc) is 2.38. The molecule has 106 valence electrons. The number of pyridine rings is 1. The minimum atomic E-state index is 0.590. The average molecular weight is 302 g/mol. The Labute approximate surface area is 125 Å². The van der Waals surface area contributed by atoms with Crippen LogP contribution in [0.25, 0.3) is 0 Å². The third-order valence-electron chi connectivity index (χ3n) is 3.41. The molecule has 2 heterocycles. The SMILES string of the molecule is CCCNc1nc(N2CCCC(C)C2)c(Cl)cc1Cl. The van der Waals surface area contributed by atoms with Crippen molar-refractivity contribution >= 4 is 34.8 Å². The maximum absolute atomic E-state index is 6.30. The lowest BCUT2D eigenvalue weighted by atomic mass is 10.0. The zero-order valence-electron chi connectivity index (χ0n) is 11.5. The zero-order valence-corrected chi connectivity index (χ0v) is 13.1. The van der Waals surface area contributed by atoms with Crippen molar-refractivity contribution in [2.75, 3.05) is 29.9 Å². The third kappa shape index (κ3) is 3.67. The fraction of sp³-hybridized carbons (Fsp3) is 0.643. The van der Waals surface area contributed by atoms with Crippen molar-refractivity contribution in [2.45, 2.75) is 33.1 Å². The van der Waals surface area contributed by atoms with Gasteiger partial charge in [-0.25, -0.2) is 4.98 Å². The van der Waals surface area contributed by atoms with Crippen LogP contribution in [0.3, 0.4) is 0 Å². The maximum Gasteiger partial charge on any atom is 0.149 e. The third-order valence-corrected chi connectivity index (χ3v) is 3.98. The van der Waals surface area contributed by atoms with Gasteiger partial charge in [-0.15, -0.1) is 0 Å². The molecular formula is C14H21Cl2N3. The number of anilines is 2. The van der Waals surface area contributed by atoms with Crippen LogP contribution in [0.5, 0.6) is 0 Å². The van der Waals surface area contributed by atoms with Crippen LogP contribution in [0.4, 0.5) is 11.6 Å². The molecule has 0 aliphatic carbocycles. The standard InChI is InChI=1S/C14H21Cl2N3/c1-3-6-17-13-11(15)8-12(16)14(18-13)19-7-4-5-10(2)9-19/h8,10H,3-7,9H2,1-2H3,(H,17,18). The van der Waals surface area contributed by atoms with Crippen LogP contribution in [0.15, 0.2) is 6.07 Å². The van der Waals surface area contributed by atoms with Crippen molar-refractivity contribution in [2.24, 2.45) is 5.92 Å². The van der Waals surface area contributed by atoms with Crippen molar-refractivity contribution in [3.8, 4) is 0 Å². The Bertz CT molecular complexity index is 437. The summed E-state index contributed by atoms with van der Waals surface area (Å²) in [7, 11) is 0. The Morgan fingerprint density at radius 1 is 1.42 bits per heavy atom. The molecule has 0 spiro atoms. The highest BCUT2D eigenvalue weighted by atomic mass is 35.5. The summed E-state index contributed by atoms with van der Waals surface area (Å²) < 4.78 is 0. The number of halogens is 2. The van der Waals surface area contributed by atoms with E-state index in [-0.39, 0.29) is 0 Å². The first kappa shape index (κ1) is 14.7. The van der Waals surface area contributed by atoms with E-state index in [2.05, 4.69) is 29.0 Å². The first-order valence-electron chi connectivity index (χ1n) is 6.96. The number of hydrogen-bond acceptors (Lipinski definition) is 3. The molecule has 1 aliphatic rings. The number of nitrogens with one attached hydrogen (secondary N) is 1. The van der Waals surface area contributed by atoms with Crippen LogP contribution in [-0.4, -0.2) is 24.6 Å². The van der Waals surface area contributed by atoms with Crippen LogP contribution >= 0.6 is 23.2 Å². The van der Waals surface area contributed by atoms with Crippen LogP contribution < -0.4 is 10.2 Å². The smallest absolute Gasteiger partial charge is 0.149 e. The van der Waals surface area contributed by atoms with E-state index in [1.807, 2.05) is 0 Å². The second-order valence-corrected chi connectivity index (χ2v) is 6.06. The predicted molar refractivity (Wildman–Crippen MR) is 83.6 cm³/mol. The Hall–Kier alpha value is -0.670. The Morgan fingerprint density at radius 3 is 2.89 bits per heavy atom. The molecule has 1 aliphatic heterocycles. The lowest BCUT2D eigenvalue weighted by Crippen LogP contribution is -2.35. The summed E-state index contributed by atoms with van der Waals surface area (Å²) in [5, 5.41) is 4.48. The molecule has 1 N–H and O–H groups in total. The fourth-order valence-electron chi connectivity index (χ4n) is 2.43. The van der Waals surface area contributed by atoms with E-state index in [9.17, 15) is 0 Å². The number of nitrogens with zero attached hydrogens (tertiary/aromatic N) is 2. The van der Waals surface area contributed by atoms with Gasteiger partial charge in [0.2, 0.25) is 0 Å². The molecule has 1 aromatic rings. The van der Waals surface area contributed by atoms with Crippen LogP contribution in [0.2, 0.25) is 10.0 Å². The second-order valence-electron chi connectivity index (χ2n) is 5.24. The molecule has 0 aromatic carbocycles. The van der Waals surface area contributed by atoms with Gasteiger partial charge in [0.05, 0.1) is 10.0 Å². The quantitative estimate of drug-likeness (QED) is 0.891. The topological polar surface area (TPSA) is 28.2 Å². The van der Waals surface area contributed by atoms with Crippen LogP contribution in [0.1, 0.15) is 33.1 Å². The summed E-state index contributed by atoms with van der Waals surface area (Å²) in [4.78, 5) is 6.89. The molecule has 0 saturated carbocycles.